The number of ether oxygens (including phenoxy) is 1. The van der Waals surface area contributed by atoms with Gasteiger partial charge in [0.1, 0.15) is 0 Å². The molecule has 3 aromatic rings. The van der Waals surface area contributed by atoms with Crippen LogP contribution in [0, 0.1) is 0 Å². The van der Waals surface area contributed by atoms with Crippen LogP contribution in [0.4, 0.5) is 0 Å². The third-order valence-corrected chi connectivity index (χ3v) is 4.08. The number of phenolic OH excluding ortho intramolecular Hbond substituents is 3. The zero-order valence-electron chi connectivity index (χ0n) is 14.8. The van der Waals surface area contributed by atoms with Crippen LogP contribution in [0.2, 0.25) is 0 Å². The third kappa shape index (κ3) is 4.70. The van der Waals surface area contributed by atoms with E-state index in [1.807, 2.05) is 54.6 Å². The predicted octanol–water partition coefficient (Wildman–Crippen LogP) is 5.15. The quantitative estimate of drug-likeness (QED) is 0.434. The van der Waals surface area contributed by atoms with Crippen molar-refractivity contribution in [1.29, 1.82) is 0 Å². The highest BCUT2D eigenvalue weighted by Crippen LogP contribution is 2.27. The van der Waals surface area contributed by atoms with Gasteiger partial charge in [-0.05, 0) is 46.5 Å². The fourth-order valence-corrected chi connectivity index (χ4v) is 2.55. The molecule has 0 aliphatic carbocycles. The van der Waals surface area contributed by atoms with Gasteiger partial charge in [-0.2, -0.15) is 0 Å². The zero-order chi connectivity index (χ0) is 19.2. The monoisotopic (exact) mass is 360 g/mol. The number of methoxy groups -OCH3 is 1. The summed E-state index contributed by atoms with van der Waals surface area (Å²) in [5, 5.41) is 28.5. The fourth-order valence-electron chi connectivity index (χ4n) is 2.55. The second kappa shape index (κ2) is 8.15. The van der Waals surface area contributed by atoms with Crippen LogP contribution in [0.5, 0.6) is 23.0 Å². The molecule has 4 heteroatoms. The van der Waals surface area contributed by atoms with Crippen molar-refractivity contribution >= 4 is 24.3 Å². The Hall–Kier alpha value is -3.66. The highest BCUT2D eigenvalue weighted by molar-refractivity contribution is 5.74. The van der Waals surface area contributed by atoms with Crippen LogP contribution in [0.15, 0.2) is 60.7 Å². The number of hydrogen-bond donors (Lipinski definition) is 3. The molecule has 4 nitrogen and oxygen atoms in total. The van der Waals surface area contributed by atoms with Crippen molar-refractivity contribution in [3.05, 3.63) is 82.9 Å². The second-order valence-corrected chi connectivity index (χ2v) is 6.01. The van der Waals surface area contributed by atoms with E-state index < -0.39 is 0 Å². The summed E-state index contributed by atoms with van der Waals surface area (Å²) < 4.78 is 5.11. The van der Waals surface area contributed by atoms with Crippen molar-refractivity contribution in [2.45, 2.75) is 0 Å². The van der Waals surface area contributed by atoms with E-state index >= 15 is 0 Å². The maximum Gasteiger partial charge on any atom is 0.161 e. The highest BCUT2D eigenvalue weighted by Gasteiger charge is 2.00. The van der Waals surface area contributed by atoms with Gasteiger partial charge >= 0.3 is 0 Å². The first-order valence-corrected chi connectivity index (χ1v) is 8.40. The van der Waals surface area contributed by atoms with Gasteiger partial charge < -0.3 is 20.1 Å². The molecule has 0 spiro atoms. The summed E-state index contributed by atoms with van der Waals surface area (Å²) in [6.45, 7) is 0. The maximum absolute atomic E-state index is 9.63. The highest BCUT2D eigenvalue weighted by atomic mass is 16.5. The number of aromatic hydroxyl groups is 3. The van der Waals surface area contributed by atoms with E-state index in [0.29, 0.717) is 5.75 Å². The normalized spacial score (nSPS) is 11.3. The molecule has 0 aliphatic heterocycles. The summed E-state index contributed by atoms with van der Waals surface area (Å²) in [4.78, 5) is 0. The summed E-state index contributed by atoms with van der Waals surface area (Å²) >= 11 is 0. The molecule has 0 saturated heterocycles. The summed E-state index contributed by atoms with van der Waals surface area (Å²) in [6, 6.07) is 17.9. The summed E-state index contributed by atoms with van der Waals surface area (Å²) in [5.74, 6) is 0.295. The van der Waals surface area contributed by atoms with Crippen molar-refractivity contribution in [3.63, 3.8) is 0 Å². The van der Waals surface area contributed by atoms with E-state index in [2.05, 4.69) is 0 Å². The first kappa shape index (κ1) is 18.1. The van der Waals surface area contributed by atoms with Crippen LogP contribution in [0.3, 0.4) is 0 Å². The molecule has 0 unspecified atom stereocenters. The Morgan fingerprint density at radius 2 is 1.00 bits per heavy atom. The van der Waals surface area contributed by atoms with Gasteiger partial charge in [0.2, 0.25) is 0 Å². The molecule has 0 aromatic heterocycles. The standard InChI is InChI=1S/C23H20O4/c1-27-23-15-19(11-13-21(23)25)9-7-17-4-2-16(3-5-17)6-8-18-10-12-20(24)22(26)14-18/h2-15,24-26H,1H3/b8-6+,9-7+. The Morgan fingerprint density at radius 1 is 0.556 bits per heavy atom. The molecule has 0 heterocycles. The molecule has 3 N–H and O–H groups in total. The molecule has 0 saturated carbocycles. The Labute approximate surface area is 157 Å². The minimum atomic E-state index is -0.136. The smallest absolute Gasteiger partial charge is 0.161 e. The molecule has 0 aliphatic rings. The molecule has 0 fully saturated rings. The molecular formula is C23H20O4. The van der Waals surface area contributed by atoms with E-state index in [9.17, 15) is 15.3 Å². The Balaban J connectivity index is 1.69. The molecule has 3 rings (SSSR count). The van der Waals surface area contributed by atoms with E-state index in [1.165, 1.54) is 19.2 Å². The average Bonchev–Trinajstić information content (AvgIpc) is 2.69. The topological polar surface area (TPSA) is 69.9 Å². The molecule has 136 valence electrons. The third-order valence-electron chi connectivity index (χ3n) is 4.08. The van der Waals surface area contributed by atoms with E-state index in [-0.39, 0.29) is 17.2 Å². The van der Waals surface area contributed by atoms with E-state index in [1.54, 1.807) is 18.2 Å². The SMILES string of the molecule is COc1cc(/C=C/c2ccc(/C=C/c3ccc(O)c(O)c3)cc2)ccc1O. The first-order chi connectivity index (χ1) is 13.0. The van der Waals surface area contributed by atoms with Crippen molar-refractivity contribution in [1.82, 2.24) is 0 Å². The minimum Gasteiger partial charge on any atom is -0.504 e. The number of hydrogen-bond acceptors (Lipinski definition) is 4. The van der Waals surface area contributed by atoms with Crippen LogP contribution in [-0.2, 0) is 0 Å². The molecule has 0 radical (unpaired) electrons. The fraction of sp³-hybridized carbons (Fsp3) is 0.0435. The van der Waals surface area contributed by atoms with Crippen LogP contribution >= 0.6 is 0 Å². The predicted molar refractivity (Wildman–Crippen MR) is 109 cm³/mol. The molecular weight excluding hydrogens is 340 g/mol. The lowest BCUT2D eigenvalue weighted by Crippen LogP contribution is -1.84. The van der Waals surface area contributed by atoms with Crippen molar-refractivity contribution < 1.29 is 20.1 Å². The molecule has 0 atom stereocenters. The van der Waals surface area contributed by atoms with Crippen LogP contribution in [-0.4, -0.2) is 22.4 Å². The first-order valence-electron chi connectivity index (χ1n) is 8.40. The maximum atomic E-state index is 9.63. The molecule has 0 bridgehead atoms. The van der Waals surface area contributed by atoms with Gasteiger partial charge in [-0.3, -0.25) is 0 Å². The molecule has 27 heavy (non-hydrogen) atoms. The van der Waals surface area contributed by atoms with Gasteiger partial charge in [-0.1, -0.05) is 60.7 Å². The minimum absolute atomic E-state index is 0.118. The lowest BCUT2D eigenvalue weighted by atomic mass is 10.1. The number of phenols is 3. The summed E-state index contributed by atoms with van der Waals surface area (Å²) in [6.07, 6.45) is 7.74. The van der Waals surface area contributed by atoms with Crippen molar-refractivity contribution in [2.24, 2.45) is 0 Å². The number of rotatable bonds is 5. The van der Waals surface area contributed by atoms with Gasteiger partial charge in [0, 0.05) is 0 Å². The van der Waals surface area contributed by atoms with Gasteiger partial charge in [0.25, 0.3) is 0 Å². The van der Waals surface area contributed by atoms with Gasteiger partial charge in [0.05, 0.1) is 7.11 Å². The Morgan fingerprint density at radius 3 is 1.52 bits per heavy atom. The Kier molecular flexibility index (Phi) is 5.47. The van der Waals surface area contributed by atoms with E-state index in [4.69, 9.17) is 4.74 Å². The van der Waals surface area contributed by atoms with Gasteiger partial charge in [-0.15, -0.1) is 0 Å². The summed E-state index contributed by atoms with van der Waals surface area (Å²) in [5.41, 5.74) is 3.80. The molecule has 3 aromatic carbocycles. The second-order valence-electron chi connectivity index (χ2n) is 6.01. The largest absolute Gasteiger partial charge is 0.504 e. The van der Waals surface area contributed by atoms with Crippen LogP contribution in [0.25, 0.3) is 24.3 Å². The van der Waals surface area contributed by atoms with Crippen molar-refractivity contribution in [2.75, 3.05) is 7.11 Å². The Bertz CT molecular complexity index is 986. The number of benzene rings is 3. The molecule has 0 amide bonds. The lowest BCUT2D eigenvalue weighted by Gasteiger charge is -2.03. The van der Waals surface area contributed by atoms with Gasteiger partial charge in [0.15, 0.2) is 23.0 Å². The van der Waals surface area contributed by atoms with E-state index in [0.717, 1.165) is 22.3 Å². The van der Waals surface area contributed by atoms with Gasteiger partial charge in [-0.25, -0.2) is 0 Å². The summed E-state index contributed by atoms with van der Waals surface area (Å²) in [7, 11) is 1.52. The zero-order valence-corrected chi connectivity index (χ0v) is 14.8. The van der Waals surface area contributed by atoms with Crippen LogP contribution < -0.4 is 4.74 Å². The lowest BCUT2D eigenvalue weighted by molar-refractivity contribution is 0.373. The van der Waals surface area contributed by atoms with Crippen molar-refractivity contribution in [3.8, 4) is 23.0 Å². The van der Waals surface area contributed by atoms with Crippen LogP contribution in [0.1, 0.15) is 22.3 Å². The average molecular weight is 360 g/mol.